The molecule has 124 valence electrons. The van der Waals surface area contributed by atoms with E-state index in [2.05, 4.69) is 121 Å². The third-order valence-electron chi connectivity index (χ3n) is 4.52. The Morgan fingerprint density at radius 1 is 0.423 bits per heavy atom. The molecule has 0 saturated heterocycles. The number of rotatable bonds is 4. The van der Waals surface area contributed by atoms with Gasteiger partial charge in [-0.25, -0.2) is 0 Å². The molecule has 0 nitrogen and oxygen atoms in total. The van der Waals surface area contributed by atoms with Gasteiger partial charge in [-0.1, -0.05) is 121 Å². The second-order valence-electron chi connectivity index (χ2n) is 6.27. The maximum Gasteiger partial charge on any atom is -0.0111 e. The molecule has 0 spiro atoms. The van der Waals surface area contributed by atoms with Crippen LogP contribution in [0.1, 0.15) is 11.1 Å². The second-order valence-corrected chi connectivity index (χ2v) is 6.27. The summed E-state index contributed by atoms with van der Waals surface area (Å²) < 4.78 is 0. The molecule has 4 aliphatic carbocycles. The van der Waals surface area contributed by atoms with Gasteiger partial charge in [0.2, 0.25) is 0 Å². The predicted octanol–water partition coefficient (Wildman–Crippen LogP) is 7.18. The van der Waals surface area contributed by atoms with E-state index in [9.17, 15) is 0 Å². The summed E-state index contributed by atoms with van der Waals surface area (Å²) in [5.41, 5.74) is 7.56. The highest BCUT2D eigenvalue weighted by Crippen LogP contribution is 2.27. The zero-order valence-electron chi connectivity index (χ0n) is 14.5. The van der Waals surface area contributed by atoms with Crippen LogP contribution in [0.25, 0.3) is 34.4 Å². The third kappa shape index (κ3) is 3.65. The maximum absolute atomic E-state index is 2.17. The fourth-order valence-corrected chi connectivity index (χ4v) is 3.13. The van der Waals surface area contributed by atoms with Crippen LogP contribution in [0.4, 0.5) is 0 Å². The average Bonchev–Trinajstić information content (AvgIpc) is 3.12. The summed E-state index contributed by atoms with van der Waals surface area (Å²) in [5.74, 6) is 0. The number of hydrogen-bond donors (Lipinski definition) is 0. The van der Waals surface area contributed by atoms with Crippen LogP contribution in [-0.4, -0.2) is 0 Å². The lowest BCUT2D eigenvalue weighted by Crippen LogP contribution is -1.69. The molecule has 0 aromatic heterocycles. The first-order chi connectivity index (χ1) is 12.9. The Balaban J connectivity index is 1.43. The molecule has 0 aliphatic heterocycles. The van der Waals surface area contributed by atoms with Gasteiger partial charge >= 0.3 is 0 Å². The van der Waals surface area contributed by atoms with Crippen molar-refractivity contribution in [3.05, 3.63) is 120 Å². The van der Waals surface area contributed by atoms with Gasteiger partial charge < -0.3 is 0 Å². The van der Waals surface area contributed by atoms with Crippen molar-refractivity contribution in [1.29, 1.82) is 0 Å². The van der Waals surface area contributed by atoms with Gasteiger partial charge in [0.25, 0.3) is 0 Å². The Labute approximate surface area is 155 Å². The van der Waals surface area contributed by atoms with E-state index in [-0.39, 0.29) is 0 Å². The SMILES string of the molecule is C(=C\C=C\c1ccc2cccccc1-2)/C=C/c1ccc2cccc-2cc1. The van der Waals surface area contributed by atoms with Crippen LogP contribution in [-0.2, 0) is 0 Å². The molecule has 4 aliphatic rings. The first kappa shape index (κ1) is 16.1. The Bertz CT molecular complexity index is 1000. The molecule has 0 atom stereocenters. The fourth-order valence-electron chi connectivity index (χ4n) is 3.13. The van der Waals surface area contributed by atoms with Gasteiger partial charge in [0, 0.05) is 0 Å². The van der Waals surface area contributed by atoms with Crippen molar-refractivity contribution in [1.82, 2.24) is 0 Å². The monoisotopic (exact) mass is 332 g/mol. The van der Waals surface area contributed by atoms with Crippen molar-refractivity contribution >= 4 is 12.2 Å². The smallest absolute Gasteiger partial charge is 0.0111 e. The van der Waals surface area contributed by atoms with E-state index in [1.165, 1.54) is 33.4 Å². The standard InChI is InChI=1S/C26H20/c1(4-9-21-15-17-22-12-8-13-23(22)18-16-21)2-5-10-24-19-20-25-11-6-3-7-14-26(24)25/h1-20H/b2-1+,9-4+,10-5+. The molecular formula is C26H20. The lowest BCUT2D eigenvalue weighted by Gasteiger charge is -1.94. The van der Waals surface area contributed by atoms with Crippen LogP contribution in [0.5, 0.6) is 0 Å². The van der Waals surface area contributed by atoms with E-state index < -0.39 is 0 Å². The highest BCUT2D eigenvalue weighted by Gasteiger charge is 2.03. The third-order valence-corrected chi connectivity index (χ3v) is 4.52. The summed E-state index contributed by atoms with van der Waals surface area (Å²) in [6, 6.07) is 29.9. The zero-order valence-corrected chi connectivity index (χ0v) is 14.5. The zero-order chi connectivity index (χ0) is 17.6. The van der Waals surface area contributed by atoms with Gasteiger partial charge in [-0.05, 0) is 33.4 Å². The Morgan fingerprint density at radius 3 is 1.88 bits per heavy atom. The van der Waals surface area contributed by atoms with Crippen molar-refractivity contribution in [3.63, 3.8) is 0 Å². The molecular weight excluding hydrogens is 312 g/mol. The molecule has 0 bridgehead atoms. The van der Waals surface area contributed by atoms with Crippen LogP contribution in [0.3, 0.4) is 0 Å². The molecule has 0 aromatic carbocycles. The van der Waals surface area contributed by atoms with E-state index in [0.29, 0.717) is 0 Å². The minimum absolute atomic E-state index is 1.20. The van der Waals surface area contributed by atoms with Crippen LogP contribution in [0.15, 0.2) is 109 Å². The van der Waals surface area contributed by atoms with Gasteiger partial charge in [0.15, 0.2) is 0 Å². The Hall–Kier alpha value is -3.38. The molecule has 0 aromatic rings. The number of allylic oxidation sites excluding steroid dienone is 4. The van der Waals surface area contributed by atoms with E-state index in [0.717, 1.165) is 0 Å². The molecule has 0 radical (unpaired) electrons. The molecule has 0 unspecified atom stereocenters. The molecule has 4 rings (SSSR count). The summed E-state index contributed by atoms with van der Waals surface area (Å²) in [7, 11) is 0. The van der Waals surface area contributed by atoms with Gasteiger partial charge in [0.05, 0.1) is 0 Å². The highest BCUT2D eigenvalue weighted by atomic mass is 14.1. The van der Waals surface area contributed by atoms with Gasteiger partial charge in [-0.3, -0.25) is 0 Å². The van der Waals surface area contributed by atoms with Gasteiger partial charge in [-0.15, -0.1) is 0 Å². The van der Waals surface area contributed by atoms with E-state index in [1.54, 1.807) is 0 Å². The largest absolute Gasteiger partial charge is 0.0622 e. The first-order valence-electron chi connectivity index (χ1n) is 8.88. The summed E-state index contributed by atoms with van der Waals surface area (Å²) >= 11 is 0. The molecule has 0 fully saturated rings. The Morgan fingerprint density at radius 2 is 1.08 bits per heavy atom. The molecule has 0 amide bonds. The summed E-state index contributed by atoms with van der Waals surface area (Å²) in [6.07, 6.45) is 12.6. The predicted molar refractivity (Wildman–Crippen MR) is 113 cm³/mol. The van der Waals surface area contributed by atoms with Crippen molar-refractivity contribution in [2.45, 2.75) is 0 Å². The molecule has 0 heterocycles. The van der Waals surface area contributed by atoms with Crippen LogP contribution < -0.4 is 0 Å². The summed E-state index contributed by atoms with van der Waals surface area (Å²) in [6.45, 7) is 0. The minimum atomic E-state index is 1.20. The molecule has 0 N–H and O–H groups in total. The quantitative estimate of drug-likeness (QED) is 0.347. The average molecular weight is 332 g/mol. The van der Waals surface area contributed by atoms with Crippen molar-refractivity contribution in [3.8, 4) is 22.3 Å². The summed E-state index contributed by atoms with van der Waals surface area (Å²) in [5, 5.41) is 0. The van der Waals surface area contributed by atoms with E-state index in [4.69, 9.17) is 0 Å². The molecule has 0 heteroatoms. The lowest BCUT2D eigenvalue weighted by atomic mass is 10.1. The Kier molecular flexibility index (Phi) is 4.75. The van der Waals surface area contributed by atoms with Crippen molar-refractivity contribution < 1.29 is 0 Å². The first-order valence-corrected chi connectivity index (χ1v) is 8.88. The van der Waals surface area contributed by atoms with Crippen molar-refractivity contribution in [2.24, 2.45) is 0 Å². The van der Waals surface area contributed by atoms with Crippen LogP contribution >= 0.6 is 0 Å². The second kappa shape index (κ2) is 7.67. The van der Waals surface area contributed by atoms with Gasteiger partial charge in [0.1, 0.15) is 0 Å². The minimum Gasteiger partial charge on any atom is -0.0622 e. The topological polar surface area (TPSA) is 0 Å². The normalized spacial score (nSPS) is 12.2. The van der Waals surface area contributed by atoms with E-state index >= 15 is 0 Å². The number of fused-ring (bicyclic) bond motifs is 2. The number of hydrogen-bond acceptors (Lipinski definition) is 0. The van der Waals surface area contributed by atoms with Crippen LogP contribution in [0, 0.1) is 0 Å². The van der Waals surface area contributed by atoms with Crippen molar-refractivity contribution in [2.75, 3.05) is 0 Å². The highest BCUT2D eigenvalue weighted by molar-refractivity contribution is 5.78. The molecule has 0 saturated carbocycles. The van der Waals surface area contributed by atoms with Gasteiger partial charge in [-0.2, -0.15) is 0 Å². The molecule has 26 heavy (non-hydrogen) atoms. The van der Waals surface area contributed by atoms with E-state index in [1.807, 2.05) is 0 Å². The maximum atomic E-state index is 2.17. The summed E-state index contributed by atoms with van der Waals surface area (Å²) in [4.78, 5) is 0. The lowest BCUT2D eigenvalue weighted by molar-refractivity contribution is 1.76. The fraction of sp³-hybridized carbons (Fsp3) is 0. The van der Waals surface area contributed by atoms with Crippen LogP contribution in [0.2, 0.25) is 0 Å².